The number of halogens is 1. The van der Waals surface area contributed by atoms with Crippen molar-refractivity contribution in [2.45, 2.75) is 24.2 Å². The fourth-order valence-electron chi connectivity index (χ4n) is 4.18. The summed E-state index contributed by atoms with van der Waals surface area (Å²) in [6, 6.07) is 6.39. The minimum absolute atomic E-state index is 0. The monoisotopic (exact) mass is 537 g/mol. The predicted octanol–water partition coefficient (Wildman–Crippen LogP) is 0.826. The molecule has 0 aliphatic carbocycles. The standard InChI is InChI=1S/C23H31N7O4S.ClH/c1-28-12-14-30(15-13-28)35(33,34)18-7-5-17(6-8-18)19-16-26-22(24)21(27-19)23(32)25-9-3-11-29-10-2-4-20(29)31;/h5-8,16H,2-4,9-15H2,1H3,(H2,24,26)(H,25,32);1H. The summed E-state index contributed by atoms with van der Waals surface area (Å²) in [7, 11) is -1.60. The van der Waals surface area contributed by atoms with Crippen molar-refractivity contribution in [3.8, 4) is 11.3 Å². The Morgan fingerprint density at radius 2 is 1.81 bits per heavy atom. The van der Waals surface area contributed by atoms with E-state index in [0.29, 0.717) is 63.4 Å². The van der Waals surface area contributed by atoms with E-state index in [9.17, 15) is 18.0 Å². The highest BCUT2D eigenvalue weighted by Gasteiger charge is 2.27. The lowest BCUT2D eigenvalue weighted by molar-refractivity contribution is -0.127. The molecule has 36 heavy (non-hydrogen) atoms. The van der Waals surface area contributed by atoms with Crippen LogP contribution in [0.5, 0.6) is 0 Å². The highest BCUT2D eigenvalue weighted by molar-refractivity contribution is 7.89. The highest BCUT2D eigenvalue weighted by atomic mass is 35.5. The second-order valence-electron chi connectivity index (χ2n) is 8.81. The number of rotatable bonds is 8. The zero-order chi connectivity index (χ0) is 25.0. The Labute approximate surface area is 217 Å². The molecule has 2 aliphatic rings. The van der Waals surface area contributed by atoms with E-state index in [4.69, 9.17) is 5.73 Å². The fourth-order valence-corrected chi connectivity index (χ4v) is 5.60. The molecule has 2 aromatic rings. The molecule has 0 bridgehead atoms. The maximum absolute atomic E-state index is 12.9. The zero-order valence-electron chi connectivity index (χ0n) is 20.2. The first-order chi connectivity index (χ1) is 16.8. The summed E-state index contributed by atoms with van der Waals surface area (Å²) in [5.41, 5.74) is 6.93. The van der Waals surface area contributed by atoms with Crippen molar-refractivity contribution >= 4 is 40.1 Å². The van der Waals surface area contributed by atoms with Crippen LogP contribution in [0.4, 0.5) is 5.82 Å². The minimum atomic E-state index is -3.57. The first kappa shape index (κ1) is 27.8. The van der Waals surface area contributed by atoms with Gasteiger partial charge in [0.1, 0.15) is 0 Å². The quantitative estimate of drug-likeness (QED) is 0.471. The van der Waals surface area contributed by atoms with Gasteiger partial charge in [0.05, 0.1) is 16.8 Å². The van der Waals surface area contributed by atoms with Gasteiger partial charge in [-0.2, -0.15) is 4.31 Å². The van der Waals surface area contributed by atoms with Crippen LogP contribution in [0.3, 0.4) is 0 Å². The van der Waals surface area contributed by atoms with Gasteiger partial charge in [0.15, 0.2) is 11.5 Å². The van der Waals surface area contributed by atoms with E-state index >= 15 is 0 Å². The number of nitrogens with two attached hydrogens (primary N) is 1. The van der Waals surface area contributed by atoms with E-state index in [-0.39, 0.29) is 34.7 Å². The number of aromatic nitrogens is 2. The van der Waals surface area contributed by atoms with Crippen molar-refractivity contribution < 1.29 is 18.0 Å². The number of carbonyl (C=O) groups excluding carboxylic acids is 2. The Morgan fingerprint density at radius 3 is 2.44 bits per heavy atom. The summed E-state index contributed by atoms with van der Waals surface area (Å²) in [5.74, 6) is -0.282. The van der Waals surface area contributed by atoms with E-state index in [1.807, 2.05) is 7.05 Å². The fraction of sp³-hybridized carbons (Fsp3) is 0.478. The van der Waals surface area contributed by atoms with Gasteiger partial charge in [0.25, 0.3) is 5.91 Å². The zero-order valence-corrected chi connectivity index (χ0v) is 21.9. The molecule has 0 saturated carbocycles. The van der Waals surface area contributed by atoms with Crippen molar-refractivity contribution in [3.05, 3.63) is 36.2 Å². The van der Waals surface area contributed by atoms with Crippen LogP contribution in [0.15, 0.2) is 35.4 Å². The molecule has 196 valence electrons. The first-order valence-electron chi connectivity index (χ1n) is 11.7. The van der Waals surface area contributed by atoms with Gasteiger partial charge in [-0.3, -0.25) is 9.59 Å². The predicted molar refractivity (Wildman–Crippen MR) is 138 cm³/mol. The lowest BCUT2D eigenvalue weighted by Gasteiger charge is -2.31. The van der Waals surface area contributed by atoms with Crippen molar-refractivity contribution in [2.24, 2.45) is 0 Å². The Bertz CT molecular complexity index is 1190. The molecule has 13 heteroatoms. The van der Waals surface area contributed by atoms with Crippen molar-refractivity contribution in [3.63, 3.8) is 0 Å². The van der Waals surface area contributed by atoms with Gasteiger partial charge >= 0.3 is 0 Å². The molecule has 3 heterocycles. The molecular formula is C23H32ClN7O4S. The third-order valence-electron chi connectivity index (χ3n) is 6.33. The highest BCUT2D eigenvalue weighted by Crippen LogP contribution is 2.23. The number of nitrogens with one attached hydrogen (secondary N) is 1. The number of hydrogen-bond acceptors (Lipinski definition) is 8. The van der Waals surface area contributed by atoms with Gasteiger partial charge in [0.2, 0.25) is 15.9 Å². The van der Waals surface area contributed by atoms with Crippen LogP contribution in [0.2, 0.25) is 0 Å². The molecule has 2 fully saturated rings. The number of nitrogens with zero attached hydrogens (tertiary/aromatic N) is 5. The molecular weight excluding hydrogens is 506 g/mol. The van der Waals surface area contributed by atoms with Gasteiger partial charge in [0, 0.05) is 57.8 Å². The molecule has 1 aromatic heterocycles. The number of carbonyl (C=O) groups is 2. The van der Waals surface area contributed by atoms with E-state index in [1.165, 1.54) is 10.5 Å². The van der Waals surface area contributed by atoms with Gasteiger partial charge in [-0.15, -0.1) is 12.4 Å². The molecule has 2 saturated heterocycles. The van der Waals surface area contributed by atoms with Crippen LogP contribution >= 0.6 is 12.4 Å². The van der Waals surface area contributed by atoms with Crippen LogP contribution < -0.4 is 11.1 Å². The third-order valence-corrected chi connectivity index (χ3v) is 8.24. The Balaban J connectivity index is 0.00000361. The lowest BCUT2D eigenvalue weighted by Crippen LogP contribution is -2.46. The van der Waals surface area contributed by atoms with Crippen LogP contribution in [0.25, 0.3) is 11.3 Å². The van der Waals surface area contributed by atoms with Crippen molar-refractivity contribution in [1.82, 2.24) is 29.4 Å². The summed E-state index contributed by atoms with van der Waals surface area (Å²) in [6.45, 7) is 4.05. The molecule has 4 rings (SSSR count). The van der Waals surface area contributed by atoms with Gasteiger partial charge < -0.3 is 20.9 Å². The van der Waals surface area contributed by atoms with Crippen LogP contribution in [0, 0.1) is 0 Å². The number of sulfonamides is 1. The molecule has 0 unspecified atom stereocenters. The largest absolute Gasteiger partial charge is 0.382 e. The molecule has 3 N–H and O–H groups in total. The number of nitrogen functional groups attached to an aromatic ring is 1. The normalized spacial score (nSPS) is 17.1. The Hall–Kier alpha value is -2.80. The molecule has 0 spiro atoms. The Kier molecular flexibility index (Phi) is 9.23. The summed E-state index contributed by atoms with van der Waals surface area (Å²) in [6.07, 6.45) is 3.56. The van der Waals surface area contributed by atoms with Crippen molar-refractivity contribution in [2.75, 3.05) is 58.6 Å². The average molecular weight is 538 g/mol. The number of likely N-dealkylation sites (N-methyl/N-ethyl adjacent to an activating group) is 1. The van der Waals surface area contributed by atoms with Crippen molar-refractivity contribution in [1.29, 1.82) is 0 Å². The van der Waals surface area contributed by atoms with Gasteiger partial charge in [-0.25, -0.2) is 18.4 Å². The molecule has 0 radical (unpaired) electrons. The maximum Gasteiger partial charge on any atom is 0.273 e. The topological polar surface area (TPSA) is 142 Å². The van der Waals surface area contributed by atoms with E-state index < -0.39 is 15.9 Å². The average Bonchev–Trinajstić information content (AvgIpc) is 3.27. The Morgan fingerprint density at radius 1 is 1.11 bits per heavy atom. The smallest absolute Gasteiger partial charge is 0.273 e. The molecule has 2 amide bonds. The summed E-state index contributed by atoms with van der Waals surface area (Å²) in [4.78, 5) is 36.9. The molecule has 2 aliphatic heterocycles. The number of likely N-dealkylation sites (tertiary alicyclic amines) is 1. The number of hydrogen-bond donors (Lipinski definition) is 2. The summed E-state index contributed by atoms with van der Waals surface area (Å²) in [5, 5.41) is 2.78. The maximum atomic E-state index is 12.9. The molecule has 11 nitrogen and oxygen atoms in total. The summed E-state index contributed by atoms with van der Waals surface area (Å²) >= 11 is 0. The van der Waals surface area contributed by atoms with Gasteiger partial charge in [-0.1, -0.05) is 12.1 Å². The van der Waals surface area contributed by atoms with E-state index in [0.717, 1.165) is 13.0 Å². The molecule has 0 atom stereocenters. The van der Waals surface area contributed by atoms with Crippen LogP contribution in [0.1, 0.15) is 29.8 Å². The minimum Gasteiger partial charge on any atom is -0.382 e. The van der Waals surface area contributed by atoms with Crippen LogP contribution in [-0.4, -0.2) is 97.2 Å². The number of amides is 2. The van der Waals surface area contributed by atoms with E-state index in [2.05, 4.69) is 20.2 Å². The lowest BCUT2D eigenvalue weighted by atomic mass is 10.1. The second kappa shape index (κ2) is 12.0. The first-order valence-corrected chi connectivity index (χ1v) is 13.2. The molecule has 1 aromatic carbocycles. The van der Waals surface area contributed by atoms with Crippen LogP contribution in [-0.2, 0) is 14.8 Å². The second-order valence-corrected chi connectivity index (χ2v) is 10.8. The number of piperazine rings is 1. The SMILES string of the molecule is CN1CCN(S(=O)(=O)c2ccc(-c3cnc(N)c(C(=O)NCCCN4CCCC4=O)n3)cc2)CC1.Cl. The van der Waals surface area contributed by atoms with Gasteiger partial charge in [-0.05, 0) is 32.0 Å². The number of anilines is 1. The number of benzene rings is 1. The summed E-state index contributed by atoms with van der Waals surface area (Å²) < 4.78 is 27.4. The van der Waals surface area contributed by atoms with E-state index in [1.54, 1.807) is 29.2 Å². The third kappa shape index (κ3) is 6.30.